The van der Waals surface area contributed by atoms with Gasteiger partial charge in [-0.1, -0.05) is 13.3 Å². The summed E-state index contributed by atoms with van der Waals surface area (Å²) in [5.41, 5.74) is 0. The zero-order chi connectivity index (χ0) is 14.6. The van der Waals surface area contributed by atoms with Crippen molar-refractivity contribution in [2.75, 3.05) is 39.8 Å². The predicted molar refractivity (Wildman–Crippen MR) is 81.7 cm³/mol. The van der Waals surface area contributed by atoms with Crippen molar-refractivity contribution < 1.29 is 8.42 Å². The lowest BCUT2D eigenvalue weighted by atomic mass is 9.85. The van der Waals surface area contributed by atoms with Gasteiger partial charge in [0.1, 0.15) is 0 Å². The average molecular weight is 303 g/mol. The third-order valence-corrected chi connectivity index (χ3v) is 6.84. The van der Waals surface area contributed by atoms with Gasteiger partial charge in [-0.25, -0.2) is 0 Å². The molecule has 0 aromatic heterocycles. The van der Waals surface area contributed by atoms with Gasteiger partial charge in [-0.05, 0) is 51.1 Å². The summed E-state index contributed by atoms with van der Waals surface area (Å²) in [6, 6.07) is 0. The molecule has 0 bridgehead atoms. The monoisotopic (exact) mass is 303 g/mol. The minimum absolute atomic E-state index is 0.589. The number of hydrogen-bond acceptors (Lipinski definition) is 3. The maximum absolute atomic E-state index is 12.7. The van der Waals surface area contributed by atoms with Gasteiger partial charge < -0.3 is 5.32 Å². The van der Waals surface area contributed by atoms with Crippen LogP contribution in [0.3, 0.4) is 0 Å². The van der Waals surface area contributed by atoms with Gasteiger partial charge in [-0.15, -0.1) is 0 Å². The molecular weight excluding hydrogens is 274 g/mol. The summed E-state index contributed by atoms with van der Waals surface area (Å²) in [6.45, 7) is 5.60. The maximum Gasteiger partial charge on any atom is 0.281 e. The van der Waals surface area contributed by atoms with E-state index in [1.807, 2.05) is 14.0 Å². The molecule has 1 saturated carbocycles. The fourth-order valence-electron chi connectivity index (χ4n) is 3.15. The van der Waals surface area contributed by atoms with Crippen LogP contribution in [0, 0.1) is 11.8 Å². The molecule has 2 rings (SSSR count). The van der Waals surface area contributed by atoms with Gasteiger partial charge in [-0.3, -0.25) is 0 Å². The summed E-state index contributed by atoms with van der Waals surface area (Å²) in [5.74, 6) is 1.21. The topological polar surface area (TPSA) is 52.7 Å². The molecule has 2 fully saturated rings. The van der Waals surface area contributed by atoms with Crippen LogP contribution in [0.4, 0.5) is 0 Å². The van der Waals surface area contributed by atoms with Crippen molar-refractivity contribution in [3.8, 4) is 0 Å². The normalized spacial score (nSPS) is 23.1. The fourth-order valence-corrected chi connectivity index (χ4v) is 4.87. The van der Waals surface area contributed by atoms with Crippen LogP contribution in [0.15, 0.2) is 0 Å². The van der Waals surface area contributed by atoms with Crippen molar-refractivity contribution in [1.82, 2.24) is 13.9 Å². The van der Waals surface area contributed by atoms with Crippen LogP contribution in [0.2, 0.25) is 0 Å². The number of piperidine rings is 1. The highest BCUT2D eigenvalue weighted by atomic mass is 32.2. The Labute approximate surface area is 123 Å². The second-order valence-corrected chi connectivity index (χ2v) is 8.08. The van der Waals surface area contributed by atoms with Gasteiger partial charge in [0.15, 0.2) is 0 Å². The van der Waals surface area contributed by atoms with Crippen molar-refractivity contribution in [1.29, 1.82) is 0 Å². The second kappa shape index (κ2) is 7.20. The molecule has 20 heavy (non-hydrogen) atoms. The van der Waals surface area contributed by atoms with E-state index in [1.54, 1.807) is 8.61 Å². The Morgan fingerprint density at radius 3 is 2.25 bits per heavy atom. The van der Waals surface area contributed by atoms with E-state index in [4.69, 9.17) is 0 Å². The molecule has 118 valence electrons. The summed E-state index contributed by atoms with van der Waals surface area (Å²) in [6.07, 6.45) is 5.59. The number of nitrogens with one attached hydrogen (secondary N) is 1. The molecule has 0 atom stereocenters. The highest BCUT2D eigenvalue weighted by molar-refractivity contribution is 7.86. The van der Waals surface area contributed by atoms with Crippen LogP contribution in [0.25, 0.3) is 0 Å². The van der Waals surface area contributed by atoms with Gasteiger partial charge in [0, 0.05) is 26.2 Å². The number of rotatable bonds is 7. The smallest absolute Gasteiger partial charge is 0.281 e. The molecule has 0 radical (unpaired) electrons. The van der Waals surface area contributed by atoms with E-state index in [9.17, 15) is 8.42 Å². The Balaban J connectivity index is 1.91. The first-order valence-corrected chi connectivity index (χ1v) is 9.37. The SMILES string of the molecule is CCN(CC1CCC1)S(=O)(=O)N1CCC(CNC)CC1. The first kappa shape index (κ1) is 16.2. The van der Waals surface area contributed by atoms with Crippen molar-refractivity contribution in [3.63, 3.8) is 0 Å². The Morgan fingerprint density at radius 1 is 1.15 bits per heavy atom. The van der Waals surface area contributed by atoms with E-state index < -0.39 is 10.2 Å². The van der Waals surface area contributed by atoms with Crippen LogP contribution in [-0.4, -0.2) is 56.8 Å². The largest absolute Gasteiger partial charge is 0.319 e. The van der Waals surface area contributed by atoms with Crippen LogP contribution < -0.4 is 5.32 Å². The molecule has 1 aliphatic carbocycles. The third kappa shape index (κ3) is 3.72. The van der Waals surface area contributed by atoms with E-state index in [2.05, 4.69) is 5.32 Å². The molecule has 0 aromatic carbocycles. The first-order chi connectivity index (χ1) is 9.57. The Kier molecular flexibility index (Phi) is 5.84. The van der Waals surface area contributed by atoms with Crippen LogP contribution >= 0.6 is 0 Å². The maximum atomic E-state index is 12.7. The zero-order valence-corrected chi connectivity index (χ0v) is 13.7. The lowest BCUT2D eigenvalue weighted by Gasteiger charge is -2.37. The van der Waals surface area contributed by atoms with E-state index in [1.165, 1.54) is 19.3 Å². The van der Waals surface area contributed by atoms with E-state index in [-0.39, 0.29) is 0 Å². The summed E-state index contributed by atoms with van der Waals surface area (Å²) in [4.78, 5) is 0. The third-order valence-electron chi connectivity index (χ3n) is 4.76. The van der Waals surface area contributed by atoms with Gasteiger partial charge >= 0.3 is 0 Å². The molecule has 1 N–H and O–H groups in total. The molecule has 0 spiro atoms. The van der Waals surface area contributed by atoms with E-state index in [0.29, 0.717) is 31.5 Å². The van der Waals surface area contributed by atoms with Gasteiger partial charge in [-0.2, -0.15) is 17.0 Å². The van der Waals surface area contributed by atoms with E-state index >= 15 is 0 Å². The zero-order valence-electron chi connectivity index (χ0n) is 12.8. The van der Waals surface area contributed by atoms with Crippen LogP contribution in [0.5, 0.6) is 0 Å². The molecular formula is C14H29N3O2S. The molecule has 6 heteroatoms. The van der Waals surface area contributed by atoms with Gasteiger partial charge in [0.05, 0.1) is 0 Å². The van der Waals surface area contributed by atoms with Gasteiger partial charge in [0.25, 0.3) is 10.2 Å². The quantitative estimate of drug-likeness (QED) is 0.771. The molecule has 0 aromatic rings. The van der Waals surface area contributed by atoms with Crippen molar-refractivity contribution in [3.05, 3.63) is 0 Å². The molecule has 5 nitrogen and oxygen atoms in total. The average Bonchev–Trinajstić information content (AvgIpc) is 2.38. The van der Waals surface area contributed by atoms with Crippen molar-refractivity contribution in [2.45, 2.75) is 39.0 Å². The Morgan fingerprint density at radius 2 is 1.80 bits per heavy atom. The molecule has 1 saturated heterocycles. The molecule has 0 unspecified atom stereocenters. The van der Waals surface area contributed by atoms with Gasteiger partial charge in [0.2, 0.25) is 0 Å². The molecule has 0 amide bonds. The Hall–Kier alpha value is -0.170. The van der Waals surface area contributed by atoms with Crippen LogP contribution in [-0.2, 0) is 10.2 Å². The summed E-state index contributed by atoms with van der Waals surface area (Å²) < 4.78 is 28.8. The second-order valence-electron chi connectivity index (χ2n) is 6.16. The Bertz CT molecular complexity index is 387. The number of hydrogen-bond donors (Lipinski definition) is 1. The number of nitrogens with zero attached hydrogens (tertiary/aromatic N) is 2. The summed E-state index contributed by atoms with van der Waals surface area (Å²) in [7, 11) is -1.28. The highest BCUT2D eigenvalue weighted by Gasteiger charge is 2.34. The van der Waals surface area contributed by atoms with Crippen molar-refractivity contribution in [2.24, 2.45) is 11.8 Å². The van der Waals surface area contributed by atoms with Crippen LogP contribution in [0.1, 0.15) is 39.0 Å². The minimum Gasteiger partial charge on any atom is -0.319 e. The van der Waals surface area contributed by atoms with Crippen molar-refractivity contribution >= 4 is 10.2 Å². The molecule has 2 aliphatic rings. The molecule has 1 heterocycles. The lowest BCUT2D eigenvalue weighted by molar-refractivity contribution is 0.220. The fraction of sp³-hybridized carbons (Fsp3) is 1.00. The molecule has 1 aliphatic heterocycles. The summed E-state index contributed by atoms with van der Waals surface area (Å²) in [5, 5.41) is 3.19. The first-order valence-electron chi connectivity index (χ1n) is 7.97. The van der Waals surface area contributed by atoms with E-state index in [0.717, 1.165) is 25.9 Å². The lowest BCUT2D eigenvalue weighted by Crippen LogP contribution is -2.49. The predicted octanol–water partition coefficient (Wildman–Crippen LogP) is 1.28. The standard InChI is InChI=1S/C14H29N3O2S/c1-3-16(12-14-5-4-6-14)20(18,19)17-9-7-13(8-10-17)11-15-2/h13-15H,3-12H2,1-2H3. The minimum atomic E-state index is -3.24. The highest BCUT2D eigenvalue weighted by Crippen LogP contribution is 2.29. The summed E-state index contributed by atoms with van der Waals surface area (Å²) >= 11 is 0.